The third-order valence-corrected chi connectivity index (χ3v) is 4.61. The lowest BCUT2D eigenvalue weighted by Crippen LogP contribution is -1.95. The number of benzene rings is 1. The molecule has 116 valence electrons. The zero-order valence-electron chi connectivity index (χ0n) is 12.7. The summed E-state index contributed by atoms with van der Waals surface area (Å²) >= 11 is 1.63. The number of aryl methyl sites for hydroxylation is 2. The Morgan fingerprint density at radius 2 is 2.13 bits per heavy atom. The number of fused-ring (bicyclic) bond motifs is 2. The van der Waals surface area contributed by atoms with Crippen LogP contribution in [0.1, 0.15) is 26.6 Å². The Labute approximate surface area is 136 Å². The van der Waals surface area contributed by atoms with E-state index in [2.05, 4.69) is 4.98 Å². The lowest BCUT2D eigenvalue weighted by atomic mass is 10.1. The molecule has 4 rings (SSSR count). The molecule has 3 aromatic rings. The molecule has 0 saturated carbocycles. The SMILES string of the molecule is Cc1cn2c(C=CC(=O)c3ccc4c(c3)OCO4)c(C)nc2s1. The van der Waals surface area contributed by atoms with Crippen LogP contribution in [0.5, 0.6) is 11.5 Å². The van der Waals surface area contributed by atoms with E-state index in [0.717, 1.165) is 16.3 Å². The van der Waals surface area contributed by atoms with Crippen molar-refractivity contribution in [3.05, 3.63) is 52.3 Å². The molecule has 0 unspecified atom stereocenters. The van der Waals surface area contributed by atoms with Crippen molar-refractivity contribution in [3.63, 3.8) is 0 Å². The Morgan fingerprint density at radius 1 is 1.30 bits per heavy atom. The van der Waals surface area contributed by atoms with Gasteiger partial charge in [0.15, 0.2) is 22.2 Å². The highest BCUT2D eigenvalue weighted by atomic mass is 32.1. The second kappa shape index (κ2) is 5.24. The molecule has 5 nitrogen and oxygen atoms in total. The monoisotopic (exact) mass is 326 g/mol. The first-order valence-corrected chi connectivity index (χ1v) is 8.00. The van der Waals surface area contributed by atoms with E-state index in [0.29, 0.717) is 17.1 Å². The fourth-order valence-electron chi connectivity index (χ4n) is 2.58. The molecular weight excluding hydrogens is 312 g/mol. The molecule has 0 fully saturated rings. The van der Waals surface area contributed by atoms with Crippen molar-refractivity contribution in [1.29, 1.82) is 0 Å². The number of thiazole rings is 1. The van der Waals surface area contributed by atoms with Gasteiger partial charge in [0, 0.05) is 16.6 Å². The van der Waals surface area contributed by atoms with Crippen molar-refractivity contribution >= 4 is 28.2 Å². The zero-order chi connectivity index (χ0) is 16.0. The molecule has 0 aliphatic carbocycles. The largest absolute Gasteiger partial charge is 0.454 e. The van der Waals surface area contributed by atoms with Crippen LogP contribution in [0, 0.1) is 13.8 Å². The number of rotatable bonds is 3. The van der Waals surface area contributed by atoms with Crippen LogP contribution in [0.4, 0.5) is 0 Å². The second-order valence-electron chi connectivity index (χ2n) is 5.34. The molecule has 1 aliphatic rings. The number of ether oxygens (including phenoxy) is 2. The summed E-state index contributed by atoms with van der Waals surface area (Å²) in [5.41, 5.74) is 2.41. The first-order chi connectivity index (χ1) is 11.1. The van der Waals surface area contributed by atoms with Crippen molar-refractivity contribution in [2.75, 3.05) is 6.79 Å². The summed E-state index contributed by atoms with van der Waals surface area (Å²) < 4.78 is 12.6. The van der Waals surface area contributed by atoms with E-state index >= 15 is 0 Å². The second-order valence-corrected chi connectivity index (χ2v) is 6.56. The summed E-state index contributed by atoms with van der Waals surface area (Å²) in [5, 5.41) is 0. The molecule has 0 amide bonds. The minimum Gasteiger partial charge on any atom is -0.454 e. The van der Waals surface area contributed by atoms with Gasteiger partial charge >= 0.3 is 0 Å². The molecule has 3 heterocycles. The zero-order valence-corrected chi connectivity index (χ0v) is 13.5. The third-order valence-electron chi connectivity index (χ3n) is 3.71. The molecule has 1 aromatic carbocycles. The number of allylic oxidation sites excluding steroid dienone is 1. The summed E-state index contributed by atoms with van der Waals surface area (Å²) in [5.74, 6) is 1.21. The van der Waals surface area contributed by atoms with Gasteiger partial charge in [0.1, 0.15) is 0 Å². The Balaban J connectivity index is 1.64. The maximum Gasteiger partial charge on any atom is 0.231 e. The Bertz CT molecular complexity index is 952. The molecule has 0 saturated heterocycles. The molecule has 2 aromatic heterocycles. The number of imidazole rings is 1. The van der Waals surface area contributed by atoms with Crippen LogP contribution >= 0.6 is 11.3 Å². The van der Waals surface area contributed by atoms with Gasteiger partial charge in [-0.15, -0.1) is 11.3 Å². The fourth-order valence-corrected chi connectivity index (χ4v) is 3.46. The average Bonchev–Trinajstić information content (AvgIpc) is 3.19. The van der Waals surface area contributed by atoms with Gasteiger partial charge in [0.05, 0.1) is 11.4 Å². The Hall–Kier alpha value is -2.60. The molecule has 1 aliphatic heterocycles. The maximum atomic E-state index is 12.4. The predicted molar refractivity (Wildman–Crippen MR) is 88.5 cm³/mol. The maximum absolute atomic E-state index is 12.4. The van der Waals surface area contributed by atoms with Gasteiger partial charge < -0.3 is 9.47 Å². The van der Waals surface area contributed by atoms with E-state index in [1.165, 1.54) is 4.88 Å². The van der Waals surface area contributed by atoms with Crippen LogP contribution in [-0.4, -0.2) is 22.0 Å². The van der Waals surface area contributed by atoms with Crippen LogP contribution in [0.2, 0.25) is 0 Å². The number of ketones is 1. The van der Waals surface area contributed by atoms with E-state index in [1.807, 2.05) is 30.5 Å². The predicted octanol–water partition coefficient (Wildman–Crippen LogP) is 3.64. The smallest absolute Gasteiger partial charge is 0.231 e. The van der Waals surface area contributed by atoms with Crippen molar-refractivity contribution in [1.82, 2.24) is 9.38 Å². The molecule has 0 spiro atoms. The van der Waals surface area contributed by atoms with Crippen LogP contribution in [0.15, 0.2) is 30.5 Å². The van der Waals surface area contributed by atoms with Crippen molar-refractivity contribution in [2.24, 2.45) is 0 Å². The van der Waals surface area contributed by atoms with Crippen LogP contribution in [-0.2, 0) is 0 Å². The van der Waals surface area contributed by atoms with E-state index in [-0.39, 0.29) is 12.6 Å². The van der Waals surface area contributed by atoms with Gasteiger partial charge in [-0.05, 0) is 44.2 Å². The minimum absolute atomic E-state index is 0.0791. The van der Waals surface area contributed by atoms with E-state index in [1.54, 1.807) is 35.6 Å². The van der Waals surface area contributed by atoms with Crippen LogP contribution in [0.25, 0.3) is 11.0 Å². The molecule has 0 radical (unpaired) electrons. The van der Waals surface area contributed by atoms with Gasteiger partial charge in [0.25, 0.3) is 0 Å². The summed E-state index contributed by atoms with van der Waals surface area (Å²) in [7, 11) is 0. The first kappa shape index (κ1) is 14.0. The number of hydrogen-bond acceptors (Lipinski definition) is 5. The molecular formula is C17H14N2O3S. The lowest BCUT2D eigenvalue weighted by molar-refractivity contribution is 0.104. The van der Waals surface area contributed by atoms with E-state index < -0.39 is 0 Å². The number of carbonyl (C=O) groups is 1. The lowest BCUT2D eigenvalue weighted by Gasteiger charge is -1.99. The summed E-state index contributed by atoms with van der Waals surface area (Å²) in [4.78, 5) is 19.0. The quantitative estimate of drug-likeness (QED) is 0.545. The van der Waals surface area contributed by atoms with E-state index in [9.17, 15) is 4.79 Å². The van der Waals surface area contributed by atoms with Crippen molar-refractivity contribution < 1.29 is 14.3 Å². The van der Waals surface area contributed by atoms with Crippen molar-refractivity contribution in [3.8, 4) is 11.5 Å². The Morgan fingerprint density at radius 3 is 3.00 bits per heavy atom. The summed E-state index contributed by atoms with van der Waals surface area (Å²) in [6, 6.07) is 5.21. The standard InChI is InChI=1S/C17H14N2O3S/c1-10-8-19-13(11(2)18-17(19)23-10)4-5-14(20)12-3-6-15-16(7-12)22-9-21-15/h3-8H,9H2,1-2H3. The summed E-state index contributed by atoms with van der Waals surface area (Å²) in [6.07, 6.45) is 5.42. The number of aromatic nitrogens is 2. The van der Waals surface area contributed by atoms with Gasteiger partial charge in [-0.1, -0.05) is 0 Å². The van der Waals surface area contributed by atoms with Gasteiger partial charge in [-0.2, -0.15) is 0 Å². The van der Waals surface area contributed by atoms with Gasteiger partial charge in [-0.25, -0.2) is 4.98 Å². The van der Waals surface area contributed by atoms with Gasteiger partial charge in [-0.3, -0.25) is 9.20 Å². The number of hydrogen-bond donors (Lipinski definition) is 0. The van der Waals surface area contributed by atoms with Crippen LogP contribution < -0.4 is 9.47 Å². The molecule has 6 heteroatoms. The summed E-state index contributed by atoms with van der Waals surface area (Å²) in [6.45, 7) is 4.19. The highest BCUT2D eigenvalue weighted by molar-refractivity contribution is 7.17. The highest BCUT2D eigenvalue weighted by Crippen LogP contribution is 2.32. The third kappa shape index (κ3) is 2.41. The molecule has 0 atom stereocenters. The number of nitrogens with zero attached hydrogens (tertiary/aromatic N) is 2. The minimum atomic E-state index is -0.0791. The van der Waals surface area contributed by atoms with Crippen molar-refractivity contribution in [2.45, 2.75) is 13.8 Å². The van der Waals surface area contributed by atoms with Crippen LogP contribution in [0.3, 0.4) is 0 Å². The Kier molecular flexibility index (Phi) is 3.20. The highest BCUT2D eigenvalue weighted by Gasteiger charge is 2.15. The molecule has 0 N–H and O–H groups in total. The normalized spacial score (nSPS) is 13.3. The topological polar surface area (TPSA) is 52.8 Å². The molecule has 23 heavy (non-hydrogen) atoms. The number of carbonyl (C=O) groups excluding carboxylic acids is 1. The molecule has 0 bridgehead atoms. The van der Waals surface area contributed by atoms with E-state index in [4.69, 9.17) is 9.47 Å². The average molecular weight is 326 g/mol. The first-order valence-electron chi connectivity index (χ1n) is 7.19. The van der Waals surface area contributed by atoms with Gasteiger partial charge in [0.2, 0.25) is 6.79 Å². The fraction of sp³-hybridized carbons (Fsp3) is 0.176.